The number of nitrogens with zero attached hydrogens (tertiary/aromatic N) is 4. The van der Waals surface area contributed by atoms with E-state index in [1.165, 1.54) is 12.4 Å². The van der Waals surface area contributed by atoms with Crippen molar-refractivity contribution in [2.75, 3.05) is 0 Å². The van der Waals surface area contributed by atoms with Gasteiger partial charge in [-0.05, 0) is 18.2 Å². The van der Waals surface area contributed by atoms with Crippen LogP contribution in [0.1, 0.15) is 5.56 Å². The zero-order valence-corrected chi connectivity index (χ0v) is 11.7. The van der Waals surface area contributed by atoms with E-state index >= 15 is 0 Å². The lowest BCUT2D eigenvalue weighted by atomic mass is 10.1. The van der Waals surface area contributed by atoms with Crippen molar-refractivity contribution >= 4 is 5.69 Å². The van der Waals surface area contributed by atoms with Crippen molar-refractivity contribution in [3.05, 3.63) is 58.4 Å². The fourth-order valence-electron chi connectivity index (χ4n) is 1.96. The van der Waals surface area contributed by atoms with E-state index in [1.807, 2.05) is 0 Å². The van der Waals surface area contributed by atoms with E-state index in [4.69, 9.17) is 4.52 Å². The van der Waals surface area contributed by atoms with Crippen molar-refractivity contribution in [1.29, 1.82) is 0 Å². The molecular formula is C14H7F3N4O3. The molecule has 0 amide bonds. The Morgan fingerprint density at radius 2 is 1.79 bits per heavy atom. The number of alkyl halides is 3. The Labute approximate surface area is 131 Å². The lowest BCUT2D eigenvalue weighted by Gasteiger charge is -2.07. The lowest BCUT2D eigenvalue weighted by molar-refractivity contribution is -0.385. The Bertz CT molecular complexity index is 894. The molecule has 0 radical (unpaired) electrons. The Hall–Kier alpha value is -3.30. The standard InChI is InChI=1S/C14H7F3N4O3/c15-14(16,17)10-5-9(6-11(7-10)21(22)23)13-19-12(20-24-13)8-1-3-18-4-2-8/h1-7H. The van der Waals surface area contributed by atoms with Crippen molar-refractivity contribution < 1.29 is 22.6 Å². The normalized spacial score (nSPS) is 11.5. The number of hydrogen-bond donors (Lipinski definition) is 0. The largest absolute Gasteiger partial charge is 0.416 e. The van der Waals surface area contributed by atoms with Crippen LogP contribution in [0.2, 0.25) is 0 Å². The number of nitro benzene ring substituents is 1. The second-order valence-electron chi connectivity index (χ2n) is 4.68. The molecule has 0 unspecified atom stereocenters. The van der Waals surface area contributed by atoms with Gasteiger partial charge in [0.25, 0.3) is 11.6 Å². The van der Waals surface area contributed by atoms with E-state index in [0.29, 0.717) is 11.6 Å². The van der Waals surface area contributed by atoms with Crippen LogP contribution < -0.4 is 0 Å². The molecule has 7 nitrogen and oxygen atoms in total. The average Bonchev–Trinajstić information content (AvgIpc) is 3.04. The Kier molecular flexibility index (Phi) is 3.72. The molecule has 3 rings (SSSR count). The van der Waals surface area contributed by atoms with Crippen molar-refractivity contribution in [2.45, 2.75) is 6.18 Å². The Morgan fingerprint density at radius 3 is 2.42 bits per heavy atom. The predicted molar refractivity (Wildman–Crippen MR) is 74.6 cm³/mol. The van der Waals surface area contributed by atoms with E-state index in [-0.39, 0.29) is 17.3 Å². The number of nitro groups is 1. The summed E-state index contributed by atoms with van der Waals surface area (Å²) in [6.07, 6.45) is -1.77. The number of rotatable bonds is 3. The highest BCUT2D eigenvalue weighted by molar-refractivity contribution is 5.63. The number of benzene rings is 1. The topological polar surface area (TPSA) is 95.0 Å². The van der Waals surface area contributed by atoms with Gasteiger partial charge in [-0.15, -0.1) is 0 Å². The molecule has 0 saturated heterocycles. The first kappa shape index (κ1) is 15.6. The van der Waals surface area contributed by atoms with E-state index in [0.717, 1.165) is 12.1 Å². The molecule has 24 heavy (non-hydrogen) atoms. The molecule has 2 heterocycles. The molecule has 2 aromatic heterocycles. The zero-order valence-electron chi connectivity index (χ0n) is 11.7. The fraction of sp³-hybridized carbons (Fsp3) is 0.0714. The number of non-ortho nitro benzene ring substituents is 1. The molecule has 0 spiro atoms. The molecule has 0 aliphatic carbocycles. The van der Waals surface area contributed by atoms with Crippen LogP contribution in [0.15, 0.2) is 47.2 Å². The van der Waals surface area contributed by atoms with Gasteiger partial charge in [-0.1, -0.05) is 5.16 Å². The molecule has 0 atom stereocenters. The van der Waals surface area contributed by atoms with Gasteiger partial charge in [-0.3, -0.25) is 15.1 Å². The third-order valence-electron chi connectivity index (χ3n) is 3.07. The Morgan fingerprint density at radius 1 is 1.08 bits per heavy atom. The SMILES string of the molecule is O=[N+]([O-])c1cc(-c2nc(-c3ccncc3)no2)cc(C(F)(F)F)c1. The molecule has 0 saturated carbocycles. The van der Waals surface area contributed by atoms with E-state index in [9.17, 15) is 23.3 Å². The maximum Gasteiger partial charge on any atom is 0.416 e. The van der Waals surface area contributed by atoms with Gasteiger partial charge < -0.3 is 4.52 Å². The molecule has 10 heteroatoms. The summed E-state index contributed by atoms with van der Waals surface area (Å²) in [7, 11) is 0. The minimum absolute atomic E-state index is 0.132. The van der Waals surface area contributed by atoms with Crippen molar-refractivity contribution in [3.63, 3.8) is 0 Å². The first-order valence-corrected chi connectivity index (χ1v) is 6.46. The third kappa shape index (κ3) is 3.07. The summed E-state index contributed by atoms with van der Waals surface area (Å²) in [5.41, 5.74) is -1.54. The molecule has 0 N–H and O–H groups in total. The first-order chi connectivity index (χ1) is 11.3. The maximum atomic E-state index is 12.9. The van der Waals surface area contributed by atoms with Crippen molar-refractivity contribution in [3.8, 4) is 22.8 Å². The zero-order chi connectivity index (χ0) is 17.3. The van der Waals surface area contributed by atoms with Gasteiger partial charge in [0.1, 0.15) is 0 Å². The highest BCUT2D eigenvalue weighted by Crippen LogP contribution is 2.35. The van der Waals surface area contributed by atoms with Gasteiger partial charge in [-0.25, -0.2) is 0 Å². The van der Waals surface area contributed by atoms with Gasteiger partial charge in [-0.2, -0.15) is 18.2 Å². The van der Waals surface area contributed by atoms with Crippen LogP contribution in [0.4, 0.5) is 18.9 Å². The summed E-state index contributed by atoms with van der Waals surface area (Å²) in [5, 5.41) is 14.5. The van der Waals surface area contributed by atoms with Gasteiger partial charge in [0, 0.05) is 35.7 Å². The van der Waals surface area contributed by atoms with Crippen molar-refractivity contribution in [2.24, 2.45) is 0 Å². The predicted octanol–water partition coefficient (Wildman–Crippen LogP) is 3.73. The number of hydrogen-bond acceptors (Lipinski definition) is 6. The second kappa shape index (κ2) is 5.72. The van der Waals surface area contributed by atoms with Crippen LogP contribution in [-0.4, -0.2) is 20.0 Å². The molecular weight excluding hydrogens is 329 g/mol. The highest BCUT2D eigenvalue weighted by atomic mass is 19.4. The highest BCUT2D eigenvalue weighted by Gasteiger charge is 2.33. The summed E-state index contributed by atoms with van der Waals surface area (Å²) in [6, 6.07) is 5.28. The average molecular weight is 336 g/mol. The summed E-state index contributed by atoms with van der Waals surface area (Å²) in [6.45, 7) is 0. The lowest BCUT2D eigenvalue weighted by Crippen LogP contribution is -2.06. The first-order valence-electron chi connectivity index (χ1n) is 6.46. The number of pyridine rings is 1. The van der Waals surface area contributed by atoms with E-state index < -0.39 is 22.4 Å². The minimum atomic E-state index is -4.74. The molecule has 0 aliphatic heterocycles. The van der Waals surface area contributed by atoms with Crippen LogP contribution in [0.25, 0.3) is 22.8 Å². The van der Waals surface area contributed by atoms with E-state index in [2.05, 4.69) is 15.1 Å². The molecule has 122 valence electrons. The number of halogens is 3. The minimum Gasteiger partial charge on any atom is -0.334 e. The second-order valence-corrected chi connectivity index (χ2v) is 4.68. The van der Waals surface area contributed by atoms with Gasteiger partial charge in [0.15, 0.2) is 0 Å². The van der Waals surface area contributed by atoms with Crippen LogP contribution in [-0.2, 0) is 6.18 Å². The summed E-state index contributed by atoms with van der Waals surface area (Å²) in [5.74, 6) is -0.122. The molecule has 3 aromatic rings. The van der Waals surface area contributed by atoms with Gasteiger partial charge >= 0.3 is 6.18 Å². The van der Waals surface area contributed by atoms with Gasteiger partial charge in [0.2, 0.25) is 5.82 Å². The number of aromatic nitrogens is 3. The van der Waals surface area contributed by atoms with Gasteiger partial charge in [0.05, 0.1) is 10.5 Å². The smallest absolute Gasteiger partial charge is 0.334 e. The van der Waals surface area contributed by atoms with Crippen LogP contribution in [0.3, 0.4) is 0 Å². The Balaban J connectivity index is 2.08. The summed E-state index contributed by atoms with van der Waals surface area (Å²) in [4.78, 5) is 17.7. The quantitative estimate of drug-likeness (QED) is 0.534. The maximum absolute atomic E-state index is 12.9. The van der Waals surface area contributed by atoms with Crippen molar-refractivity contribution in [1.82, 2.24) is 15.1 Å². The monoisotopic (exact) mass is 336 g/mol. The van der Waals surface area contributed by atoms with Crippen LogP contribution >= 0.6 is 0 Å². The molecule has 0 bridgehead atoms. The third-order valence-corrected chi connectivity index (χ3v) is 3.07. The van der Waals surface area contributed by atoms with Crippen LogP contribution in [0, 0.1) is 10.1 Å². The molecule has 1 aromatic carbocycles. The van der Waals surface area contributed by atoms with Crippen LogP contribution in [0.5, 0.6) is 0 Å². The molecule has 0 aliphatic rings. The molecule has 0 fully saturated rings. The summed E-state index contributed by atoms with van der Waals surface area (Å²) >= 11 is 0. The fourth-order valence-corrected chi connectivity index (χ4v) is 1.96. The summed E-state index contributed by atoms with van der Waals surface area (Å²) < 4.78 is 43.6. The van der Waals surface area contributed by atoms with E-state index in [1.54, 1.807) is 12.1 Å².